The van der Waals surface area contributed by atoms with Crippen LogP contribution >= 0.6 is 0 Å². The van der Waals surface area contributed by atoms with Crippen LogP contribution in [-0.4, -0.2) is 19.0 Å². The molecule has 0 heterocycles. The minimum Gasteiger partial charge on any atom is -0.385 e. The van der Waals surface area contributed by atoms with Crippen LogP contribution in [0.25, 0.3) is 0 Å². The lowest BCUT2D eigenvalue weighted by atomic mass is 9.98. The monoisotopic (exact) mass is 248 g/mol. The van der Waals surface area contributed by atoms with Gasteiger partial charge in [-0.3, -0.25) is 4.79 Å². The molecule has 0 saturated carbocycles. The maximum Gasteiger partial charge on any atom is 0.251 e. The summed E-state index contributed by atoms with van der Waals surface area (Å²) in [7, 11) is 0. The highest BCUT2D eigenvalue weighted by molar-refractivity contribution is 5.94. The highest BCUT2D eigenvalue weighted by Crippen LogP contribution is 2.10. The van der Waals surface area contributed by atoms with Crippen molar-refractivity contribution in [3.63, 3.8) is 0 Å². The number of hydrogen-bond donors (Lipinski definition) is 2. The molecule has 0 aliphatic rings. The average Bonchev–Trinajstić information content (AvgIpc) is 2.36. The molecule has 0 fully saturated rings. The summed E-state index contributed by atoms with van der Waals surface area (Å²) in [4.78, 5) is 11.9. The molecule has 0 aromatic heterocycles. The Hall–Kier alpha value is -1.51. The minimum absolute atomic E-state index is 0.00514. The van der Waals surface area contributed by atoms with Crippen molar-refractivity contribution >= 4 is 11.6 Å². The fourth-order valence-electron chi connectivity index (χ4n) is 1.54. The Labute approximate surface area is 110 Å². The quantitative estimate of drug-likeness (QED) is 0.812. The Kier molecular flexibility index (Phi) is 5.69. The van der Waals surface area contributed by atoms with E-state index in [0.717, 1.165) is 18.8 Å². The van der Waals surface area contributed by atoms with Gasteiger partial charge in [-0.05, 0) is 43.0 Å². The summed E-state index contributed by atoms with van der Waals surface area (Å²) in [6, 6.07) is 7.58. The molecule has 1 unspecified atom stereocenters. The van der Waals surface area contributed by atoms with Gasteiger partial charge in [0, 0.05) is 24.3 Å². The van der Waals surface area contributed by atoms with Crippen molar-refractivity contribution in [1.29, 1.82) is 0 Å². The molecule has 1 aromatic rings. The molecule has 100 valence electrons. The van der Waals surface area contributed by atoms with Gasteiger partial charge in [0.2, 0.25) is 0 Å². The van der Waals surface area contributed by atoms with E-state index in [1.807, 2.05) is 31.2 Å². The van der Waals surface area contributed by atoms with E-state index in [-0.39, 0.29) is 5.91 Å². The molecular formula is C15H24N2O. The predicted octanol–water partition coefficient (Wildman–Crippen LogP) is 3.14. The molecule has 1 aromatic carbocycles. The summed E-state index contributed by atoms with van der Waals surface area (Å²) in [5.74, 6) is 1.09. The smallest absolute Gasteiger partial charge is 0.251 e. The van der Waals surface area contributed by atoms with Gasteiger partial charge in [-0.2, -0.15) is 0 Å². The summed E-state index contributed by atoms with van der Waals surface area (Å²) >= 11 is 0. The number of carbonyl (C=O) groups is 1. The molecule has 1 rings (SSSR count). The summed E-state index contributed by atoms with van der Waals surface area (Å²) < 4.78 is 0. The van der Waals surface area contributed by atoms with Crippen molar-refractivity contribution in [2.24, 2.45) is 11.8 Å². The van der Waals surface area contributed by atoms with Crippen LogP contribution in [-0.2, 0) is 0 Å². The average molecular weight is 248 g/mol. The van der Waals surface area contributed by atoms with E-state index in [4.69, 9.17) is 0 Å². The molecule has 1 amide bonds. The van der Waals surface area contributed by atoms with E-state index < -0.39 is 0 Å². The number of benzene rings is 1. The van der Waals surface area contributed by atoms with Crippen molar-refractivity contribution < 1.29 is 4.79 Å². The molecule has 0 saturated heterocycles. The lowest BCUT2D eigenvalue weighted by Gasteiger charge is -2.16. The van der Waals surface area contributed by atoms with Crippen molar-refractivity contribution in [1.82, 2.24) is 5.32 Å². The van der Waals surface area contributed by atoms with Crippen LogP contribution < -0.4 is 10.6 Å². The summed E-state index contributed by atoms with van der Waals surface area (Å²) in [5, 5.41) is 6.18. The number of amides is 1. The first-order chi connectivity index (χ1) is 8.54. The first-order valence-corrected chi connectivity index (χ1v) is 6.66. The van der Waals surface area contributed by atoms with Crippen LogP contribution in [0.5, 0.6) is 0 Å². The summed E-state index contributed by atoms with van der Waals surface area (Å²) in [5.41, 5.74) is 1.76. The van der Waals surface area contributed by atoms with Gasteiger partial charge in [-0.25, -0.2) is 0 Å². The van der Waals surface area contributed by atoms with Crippen molar-refractivity contribution in [3.05, 3.63) is 29.8 Å². The highest BCUT2D eigenvalue weighted by Gasteiger charge is 2.10. The van der Waals surface area contributed by atoms with E-state index in [0.29, 0.717) is 17.4 Å². The number of nitrogens with one attached hydrogen (secondary N) is 2. The van der Waals surface area contributed by atoms with Gasteiger partial charge >= 0.3 is 0 Å². The molecule has 2 N–H and O–H groups in total. The number of rotatable bonds is 6. The lowest BCUT2D eigenvalue weighted by Crippen LogP contribution is -2.30. The molecule has 0 spiro atoms. The van der Waals surface area contributed by atoms with Gasteiger partial charge in [-0.15, -0.1) is 0 Å². The second-order valence-electron chi connectivity index (χ2n) is 5.04. The Balaban J connectivity index is 2.51. The molecule has 0 bridgehead atoms. The molecule has 3 nitrogen and oxygen atoms in total. The zero-order chi connectivity index (χ0) is 13.5. The summed E-state index contributed by atoms with van der Waals surface area (Å²) in [6.45, 7) is 10.2. The molecule has 1 atom stereocenters. The first kappa shape index (κ1) is 14.6. The normalized spacial score (nSPS) is 12.3. The lowest BCUT2D eigenvalue weighted by molar-refractivity contribution is 0.0945. The largest absolute Gasteiger partial charge is 0.385 e. The third kappa shape index (κ3) is 4.40. The SMILES string of the molecule is CCNc1ccc(C(=O)NCC(C)C(C)C)cc1. The zero-order valence-electron chi connectivity index (χ0n) is 11.8. The maximum absolute atomic E-state index is 11.9. The van der Waals surface area contributed by atoms with Gasteiger partial charge in [0.05, 0.1) is 0 Å². The third-order valence-corrected chi connectivity index (χ3v) is 3.25. The maximum atomic E-state index is 11.9. The van der Waals surface area contributed by atoms with E-state index in [2.05, 4.69) is 31.4 Å². The van der Waals surface area contributed by atoms with Crippen LogP contribution in [0.2, 0.25) is 0 Å². The predicted molar refractivity (Wildman–Crippen MR) is 76.9 cm³/mol. The Morgan fingerprint density at radius 2 is 1.78 bits per heavy atom. The van der Waals surface area contributed by atoms with E-state index in [9.17, 15) is 4.79 Å². The van der Waals surface area contributed by atoms with Crippen LogP contribution in [0.3, 0.4) is 0 Å². The highest BCUT2D eigenvalue weighted by atomic mass is 16.1. The third-order valence-electron chi connectivity index (χ3n) is 3.25. The molecule has 0 aliphatic carbocycles. The molecule has 18 heavy (non-hydrogen) atoms. The fourth-order valence-corrected chi connectivity index (χ4v) is 1.54. The van der Waals surface area contributed by atoms with Crippen molar-refractivity contribution in [3.8, 4) is 0 Å². The van der Waals surface area contributed by atoms with Crippen LogP contribution in [0.1, 0.15) is 38.1 Å². The second kappa shape index (κ2) is 7.04. The second-order valence-corrected chi connectivity index (χ2v) is 5.04. The van der Waals surface area contributed by atoms with Crippen LogP contribution in [0.15, 0.2) is 24.3 Å². The van der Waals surface area contributed by atoms with Crippen molar-refractivity contribution in [2.75, 3.05) is 18.4 Å². The van der Waals surface area contributed by atoms with Gasteiger partial charge in [0.1, 0.15) is 0 Å². The van der Waals surface area contributed by atoms with E-state index in [1.54, 1.807) is 0 Å². The molecular weight excluding hydrogens is 224 g/mol. The number of hydrogen-bond acceptors (Lipinski definition) is 2. The van der Waals surface area contributed by atoms with E-state index >= 15 is 0 Å². The molecule has 0 radical (unpaired) electrons. The standard InChI is InChI=1S/C15H24N2O/c1-5-16-14-8-6-13(7-9-14)15(18)17-10-12(4)11(2)3/h6-9,11-12,16H,5,10H2,1-4H3,(H,17,18). The molecule has 0 aliphatic heterocycles. The van der Waals surface area contributed by atoms with Crippen LogP contribution in [0, 0.1) is 11.8 Å². The Morgan fingerprint density at radius 3 is 2.28 bits per heavy atom. The molecule has 3 heteroatoms. The van der Waals surface area contributed by atoms with Gasteiger partial charge < -0.3 is 10.6 Å². The number of carbonyl (C=O) groups excluding carboxylic acids is 1. The van der Waals surface area contributed by atoms with Crippen LogP contribution in [0.4, 0.5) is 5.69 Å². The minimum atomic E-state index is 0.00514. The van der Waals surface area contributed by atoms with E-state index in [1.165, 1.54) is 0 Å². The fraction of sp³-hybridized carbons (Fsp3) is 0.533. The number of anilines is 1. The van der Waals surface area contributed by atoms with Gasteiger partial charge in [0.25, 0.3) is 5.91 Å². The zero-order valence-corrected chi connectivity index (χ0v) is 11.8. The summed E-state index contributed by atoms with van der Waals surface area (Å²) in [6.07, 6.45) is 0. The first-order valence-electron chi connectivity index (χ1n) is 6.66. The Bertz CT molecular complexity index is 371. The van der Waals surface area contributed by atoms with Gasteiger partial charge in [0.15, 0.2) is 0 Å². The van der Waals surface area contributed by atoms with Crippen molar-refractivity contribution in [2.45, 2.75) is 27.7 Å². The Morgan fingerprint density at radius 1 is 1.17 bits per heavy atom. The van der Waals surface area contributed by atoms with Gasteiger partial charge in [-0.1, -0.05) is 20.8 Å². The topological polar surface area (TPSA) is 41.1 Å².